The molecule has 15 heavy (non-hydrogen) atoms. The molecule has 1 aliphatic carbocycles. The molecule has 1 aromatic rings. The summed E-state index contributed by atoms with van der Waals surface area (Å²) < 4.78 is 5.16. The van der Waals surface area contributed by atoms with Gasteiger partial charge in [0, 0.05) is 12.1 Å². The summed E-state index contributed by atoms with van der Waals surface area (Å²) in [5, 5.41) is 3.65. The van der Waals surface area contributed by atoms with Crippen LogP contribution in [0.15, 0.2) is 24.3 Å². The summed E-state index contributed by atoms with van der Waals surface area (Å²) in [6.07, 6.45) is 3.82. The molecule has 2 rings (SSSR count). The van der Waals surface area contributed by atoms with Crippen LogP contribution < -0.4 is 10.1 Å². The summed E-state index contributed by atoms with van der Waals surface area (Å²) in [5.74, 6) is 0.931. The normalized spacial score (nSPS) is 17.5. The van der Waals surface area contributed by atoms with Crippen LogP contribution in [0.25, 0.3) is 0 Å². The Morgan fingerprint density at radius 3 is 2.47 bits per heavy atom. The van der Waals surface area contributed by atoms with Crippen molar-refractivity contribution in [1.29, 1.82) is 0 Å². The minimum absolute atomic E-state index is 0.503. The van der Waals surface area contributed by atoms with E-state index in [0.29, 0.717) is 6.04 Å². The van der Waals surface area contributed by atoms with E-state index in [-0.39, 0.29) is 0 Å². The molecular formula is C13H19NO. The number of benzene rings is 1. The molecule has 1 aliphatic rings. The van der Waals surface area contributed by atoms with Gasteiger partial charge in [0.2, 0.25) is 0 Å². The Morgan fingerprint density at radius 1 is 1.33 bits per heavy atom. The van der Waals surface area contributed by atoms with Crippen LogP contribution in [-0.4, -0.2) is 13.2 Å². The molecular weight excluding hydrogens is 186 g/mol. The Bertz CT molecular complexity index is 303. The molecule has 0 amide bonds. The van der Waals surface area contributed by atoms with Gasteiger partial charge in [0.15, 0.2) is 0 Å². The fourth-order valence-electron chi connectivity index (χ4n) is 1.82. The molecule has 1 fully saturated rings. The quantitative estimate of drug-likeness (QED) is 0.798. The van der Waals surface area contributed by atoms with E-state index in [0.717, 1.165) is 18.2 Å². The van der Waals surface area contributed by atoms with E-state index in [1.807, 2.05) is 12.1 Å². The highest BCUT2D eigenvalue weighted by Crippen LogP contribution is 2.26. The number of rotatable bonds is 5. The van der Waals surface area contributed by atoms with Crippen molar-refractivity contribution in [2.45, 2.75) is 38.3 Å². The largest absolute Gasteiger partial charge is 0.497 e. The van der Waals surface area contributed by atoms with Crippen LogP contribution in [0.3, 0.4) is 0 Å². The molecule has 1 saturated carbocycles. The van der Waals surface area contributed by atoms with Crippen LogP contribution in [0, 0.1) is 0 Å². The maximum atomic E-state index is 5.16. The molecule has 1 aromatic carbocycles. The van der Waals surface area contributed by atoms with Crippen molar-refractivity contribution in [2.24, 2.45) is 0 Å². The van der Waals surface area contributed by atoms with Crippen molar-refractivity contribution in [3.8, 4) is 5.75 Å². The lowest BCUT2D eigenvalue weighted by Crippen LogP contribution is -2.22. The van der Waals surface area contributed by atoms with Gasteiger partial charge in [-0.1, -0.05) is 19.1 Å². The predicted molar refractivity (Wildman–Crippen MR) is 62.2 cm³/mol. The highest BCUT2D eigenvalue weighted by molar-refractivity contribution is 5.29. The molecule has 0 radical (unpaired) electrons. The second kappa shape index (κ2) is 4.67. The Labute approximate surface area is 91.6 Å². The van der Waals surface area contributed by atoms with Crippen LogP contribution >= 0.6 is 0 Å². The Balaban J connectivity index is 2.03. The van der Waals surface area contributed by atoms with Gasteiger partial charge in [-0.3, -0.25) is 0 Å². The van der Waals surface area contributed by atoms with Gasteiger partial charge in [0.1, 0.15) is 5.75 Å². The molecule has 0 bridgehead atoms. The van der Waals surface area contributed by atoms with Crippen LogP contribution in [0.1, 0.15) is 37.8 Å². The fraction of sp³-hybridized carbons (Fsp3) is 0.538. The Kier molecular flexibility index (Phi) is 3.27. The van der Waals surface area contributed by atoms with Gasteiger partial charge in [-0.05, 0) is 37.0 Å². The molecule has 82 valence electrons. The minimum atomic E-state index is 0.503. The zero-order chi connectivity index (χ0) is 10.7. The monoisotopic (exact) mass is 205 g/mol. The first kappa shape index (κ1) is 10.5. The van der Waals surface area contributed by atoms with Crippen molar-refractivity contribution >= 4 is 0 Å². The molecule has 0 spiro atoms. The Morgan fingerprint density at radius 2 is 2.00 bits per heavy atom. The number of hydrogen-bond donors (Lipinski definition) is 1. The predicted octanol–water partition coefficient (Wildman–Crippen LogP) is 2.90. The summed E-state index contributed by atoms with van der Waals surface area (Å²) >= 11 is 0. The first-order chi connectivity index (χ1) is 7.33. The third kappa shape index (κ3) is 2.72. The standard InChI is InChI=1S/C13H19NO/c1-3-13(14-11-6-7-11)10-4-8-12(15-2)9-5-10/h4-5,8-9,11,13-14H,3,6-7H2,1-2H3/t13-/m1/s1. The number of nitrogens with one attached hydrogen (secondary N) is 1. The van der Waals surface area contributed by atoms with E-state index in [2.05, 4.69) is 24.4 Å². The molecule has 1 N–H and O–H groups in total. The lowest BCUT2D eigenvalue weighted by molar-refractivity contribution is 0.414. The van der Waals surface area contributed by atoms with Gasteiger partial charge in [-0.2, -0.15) is 0 Å². The average Bonchev–Trinajstić information content (AvgIpc) is 3.10. The van der Waals surface area contributed by atoms with Crippen LogP contribution in [0.2, 0.25) is 0 Å². The summed E-state index contributed by atoms with van der Waals surface area (Å²) in [6.45, 7) is 2.23. The van der Waals surface area contributed by atoms with E-state index in [1.165, 1.54) is 18.4 Å². The topological polar surface area (TPSA) is 21.3 Å². The summed E-state index contributed by atoms with van der Waals surface area (Å²) in [6, 6.07) is 9.64. The highest BCUT2D eigenvalue weighted by Gasteiger charge is 2.24. The third-order valence-electron chi connectivity index (χ3n) is 2.94. The summed E-state index contributed by atoms with van der Waals surface area (Å²) in [5.41, 5.74) is 1.37. The maximum absolute atomic E-state index is 5.16. The molecule has 0 saturated heterocycles. The molecule has 2 heteroatoms. The summed E-state index contributed by atoms with van der Waals surface area (Å²) in [4.78, 5) is 0. The molecule has 0 heterocycles. The molecule has 0 unspecified atom stereocenters. The summed E-state index contributed by atoms with van der Waals surface area (Å²) in [7, 11) is 1.70. The molecule has 2 nitrogen and oxygen atoms in total. The van der Waals surface area contributed by atoms with Crippen molar-refractivity contribution in [1.82, 2.24) is 5.32 Å². The number of methoxy groups -OCH3 is 1. The van der Waals surface area contributed by atoms with Gasteiger partial charge < -0.3 is 10.1 Å². The van der Waals surface area contributed by atoms with Gasteiger partial charge in [-0.15, -0.1) is 0 Å². The van der Waals surface area contributed by atoms with Crippen LogP contribution in [-0.2, 0) is 0 Å². The van der Waals surface area contributed by atoms with Crippen molar-refractivity contribution in [2.75, 3.05) is 7.11 Å². The number of ether oxygens (including phenoxy) is 1. The van der Waals surface area contributed by atoms with Crippen molar-refractivity contribution < 1.29 is 4.74 Å². The molecule has 1 atom stereocenters. The highest BCUT2D eigenvalue weighted by atomic mass is 16.5. The SMILES string of the molecule is CC[C@@H](NC1CC1)c1ccc(OC)cc1. The average molecular weight is 205 g/mol. The first-order valence-corrected chi connectivity index (χ1v) is 5.73. The third-order valence-corrected chi connectivity index (χ3v) is 2.94. The zero-order valence-corrected chi connectivity index (χ0v) is 9.49. The molecule has 0 aromatic heterocycles. The second-order valence-electron chi connectivity index (χ2n) is 4.17. The van der Waals surface area contributed by atoms with Crippen molar-refractivity contribution in [3.63, 3.8) is 0 Å². The van der Waals surface area contributed by atoms with Gasteiger partial charge >= 0.3 is 0 Å². The van der Waals surface area contributed by atoms with E-state index < -0.39 is 0 Å². The van der Waals surface area contributed by atoms with Crippen LogP contribution in [0.4, 0.5) is 0 Å². The molecule has 0 aliphatic heterocycles. The van der Waals surface area contributed by atoms with E-state index in [9.17, 15) is 0 Å². The van der Waals surface area contributed by atoms with Gasteiger partial charge in [-0.25, -0.2) is 0 Å². The van der Waals surface area contributed by atoms with Gasteiger partial charge in [0.05, 0.1) is 7.11 Å². The van der Waals surface area contributed by atoms with E-state index in [4.69, 9.17) is 4.74 Å². The minimum Gasteiger partial charge on any atom is -0.497 e. The van der Waals surface area contributed by atoms with Crippen LogP contribution in [0.5, 0.6) is 5.75 Å². The zero-order valence-electron chi connectivity index (χ0n) is 9.49. The maximum Gasteiger partial charge on any atom is 0.118 e. The Hall–Kier alpha value is -1.02. The lowest BCUT2D eigenvalue weighted by atomic mass is 10.0. The van der Waals surface area contributed by atoms with Gasteiger partial charge in [0.25, 0.3) is 0 Å². The number of hydrogen-bond acceptors (Lipinski definition) is 2. The smallest absolute Gasteiger partial charge is 0.118 e. The lowest BCUT2D eigenvalue weighted by Gasteiger charge is -2.17. The van der Waals surface area contributed by atoms with Crippen molar-refractivity contribution in [3.05, 3.63) is 29.8 Å². The fourth-order valence-corrected chi connectivity index (χ4v) is 1.82. The second-order valence-corrected chi connectivity index (χ2v) is 4.17. The van der Waals surface area contributed by atoms with E-state index >= 15 is 0 Å². The van der Waals surface area contributed by atoms with E-state index in [1.54, 1.807) is 7.11 Å². The first-order valence-electron chi connectivity index (χ1n) is 5.73.